The lowest BCUT2D eigenvalue weighted by atomic mass is 10.0. The molecule has 0 aliphatic rings. The minimum atomic E-state index is -4.21. The molecule has 1 rings (SSSR count). The van der Waals surface area contributed by atoms with E-state index < -0.39 is 23.5 Å². The zero-order valence-electron chi connectivity index (χ0n) is 14.4. The number of carbonyl (C=O) groups excluding carboxylic acids is 1. The number of halogens is 2. The normalized spacial score (nSPS) is 12.6. The van der Waals surface area contributed by atoms with Gasteiger partial charge in [-0.1, -0.05) is 6.92 Å². The van der Waals surface area contributed by atoms with Gasteiger partial charge >= 0.3 is 17.9 Å². The van der Waals surface area contributed by atoms with Gasteiger partial charge in [0.25, 0.3) is 0 Å². The minimum Gasteiger partial charge on any atom is -0.488 e. The number of hydrogen-bond acceptors (Lipinski definition) is 4. The topological polar surface area (TPSA) is 72.8 Å². The fourth-order valence-electron chi connectivity index (χ4n) is 1.66. The molecule has 0 amide bonds. The first-order chi connectivity index (χ1) is 10.8. The summed E-state index contributed by atoms with van der Waals surface area (Å²) < 4.78 is 37.6. The third kappa shape index (κ3) is 4.43. The highest BCUT2D eigenvalue weighted by Gasteiger charge is 2.56. The standard InChI is InChI=1S/C17H22F2O5/c1-6-15(2,3)23-12-9-7-11(8-10-12)13(20)24-16(4,5)17(18,19)14(21)22/h7-10H,6H2,1-5H3,(H,21,22). The molecule has 5 nitrogen and oxygen atoms in total. The van der Waals surface area contributed by atoms with E-state index in [1.807, 2.05) is 20.8 Å². The van der Waals surface area contributed by atoms with Crippen molar-refractivity contribution in [2.45, 2.75) is 58.2 Å². The summed E-state index contributed by atoms with van der Waals surface area (Å²) in [6.45, 7) is 7.48. The predicted molar refractivity (Wildman–Crippen MR) is 83.5 cm³/mol. The number of carboxylic acids is 1. The second-order valence-electron chi connectivity index (χ2n) is 6.52. The largest absolute Gasteiger partial charge is 0.488 e. The molecule has 24 heavy (non-hydrogen) atoms. The molecule has 0 saturated carbocycles. The Kier molecular flexibility index (Phi) is 5.58. The molecule has 0 aromatic heterocycles. The molecule has 1 aromatic carbocycles. The van der Waals surface area contributed by atoms with E-state index >= 15 is 0 Å². The number of carbonyl (C=O) groups is 2. The molecule has 0 aliphatic heterocycles. The number of carboxylic acid groups (broad SMARTS) is 1. The van der Waals surface area contributed by atoms with Crippen molar-refractivity contribution in [2.24, 2.45) is 0 Å². The van der Waals surface area contributed by atoms with Crippen LogP contribution in [0.15, 0.2) is 24.3 Å². The highest BCUT2D eigenvalue weighted by Crippen LogP contribution is 2.33. The van der Waals surface area contributed by atoms with Crippen LogP contribution in [-0.2, 0) is 9.53 Å². The highest BCUT2D eigenvalue weighted by atomic mass is 19.3. The average Bonchev–Trinajstić information content (AvgIpc) is 2.46. The maximum Gasteiger partial charge on any atom is 0.380 e. The number of esters is 1. The Bertz CT molecular complexity index is 606. The van der Waals surface area contributed by atoms with Crippen LogP contribution >= 0.6 is 0 Å². The Hall–Kier alpha value is -2.18. The maximum absolute atomic E-state index is 13.6. The van der Waals surface area contributed by atoms with Crippen molar-refractivity contribution in [3.8, 4) is 5.75 Å². The molecular weight excluding hydrogens is 322 g/mol. The Morgan fingerprint density at radius 1 is 1.08 bits per heavy atom. The zero-order chi connectivity index (χ0) is 18.8. The molecule has 0 saturated heterocycles. The van der Waals surface area contributed by atoms with Crippen molar-refractivity contribution in [1.29, 1.82) is 0 Å². The Balaban J connectivity index is 2.88. The Morgan fingerprint density at radius 2 is 1.58 bits per heavy atom. The van der Waals surface area contributed by atoms with E-state index in [9.17, 15) is 18.4 Å². The van der Waals surface area contributed by atoms with Gasteiger partial charge in [-0.2, -0.15) is 8.78 Å². The van der Waals surface area contributed by atoms with E-state index in [1.165, 1.54) is 24.3 Å². The summed E-state index contributed by atoms with van der Waals surface area (Å²) in [5.41, 5.74) is -2.85. The summed E-state index contributed by atoms with van der Waals surface area (Å²) in [5.74, 6) is -7.08. The SMILES string of the molecule is CCC(C)(C)Oc1ccc(C(=O)OC(C)(C)C(F)(F)C(=O)O)cc1. The fraction of sp³-hybridized carbons (Fsp3) is 0.529. The molecule has 0 fully saturated rings. The van der Waals surface area contributed by atoms with Crippen LogP contribution in [-0.4, -0.2) is 34.2 Å². The van der Waals surface area contributed by atoms with E-state index in [-0.39, 0.29) is 11.2 Å². The van der Waals surface area contributed by atoms with Crippen LogP contribution < -0.4 is 4.74 Å². The van der Waals surface area contributed by atoms with Crippen molar-refractivity contribution in [3.05, 3.63) is 29.8 Å². The number of rotatable bonds is 7. The van der Waals surface area contributed by atoms with Crippen LogP contribution in [0.1, 0.15) is 51.4 Å². The van der Waals surface area contributed by atoms with Crippen LogP contribution in [0.4, 0.5) is 8.78 Å². The van der Waals surface area contributed by atoms with Gasteiger partial charge in [-0.3, -0.25) is 0 Å². The van der Waals surface area contributed by atoms with Crippen molar-refractivity contribution in [3.63, 3.8) is 0 Å². The zero-order valence-corrected chi connectivity index (χ0v) is 14.4. The number of aliphatic carboxylic acids is 1. The smallest absolute Gasteiger partial charge is 0.380 e. The molecule has 1 N–H and O–H groups in total. The molecule has 7 heteroatoms. The van der Waals surface area contributed by atoms with Gasteiger partial charge in [-0.05, 0) is 58.4 Å². The summed E-state index contributed by atoms with van der Waals surface area (Å²) in [6, 6.07) is 5.80. The quantitative estimate of drug-likeness (QED) is 0.759. The molecule has 1 aromatic rings. The van der Waals surface area contributed by atoms with Gasteiger partial charge in [-0.15, -0.1) is 0 Å². The molecule has 134 valence electrons. The monoisotopic (exact) mass is 344 g/mol. The first kappa shape index (κ1) is 19.9. The summed E-state index contributed by atoms with van der Waals surface area (Å²) >= 11 is 0. The minimum absolute atomic E-state index is 0.0194. The van der Waals surface area contributed by atoms with Crippen LogP contribution in [0.25, 0.3) is 0 Å². The van der Waals surface area contributed by atoms with Gasteiger partial charge < -0.3 is 14.6 Å². The number of alkyl halides is 2. The summed E-state index contributed by atoms with van der Waals surface area (Å²) in [5, 5.41) is 8.57. The molecule has 0 bridgehead atoms. The van der Waals surface area contributed by atoms with Crippen molar-refractivity contribution in [2.75, 3.05) is 0 Å². The fourth-order valence-corrected chi connectivity index (χ4v) is 1.66. The number of hydrogen-bond donors (Lipinski definition) is 1. The van der Waals surface area contributed by atoms with Gasteiger partial charge in [-0.25, -0.2) is 9.59 Å². The van der Waals surface area contributed by atoms with Crippen LogP contribution in [0.5, 0.6) is 5.75 Å². The van der Waals surface area contributed by atoms with Crippen molar-refractivity contribution in [1.82, 2.24) is 0 Å². The lowest BCUT2D eigenvalue weighted by Gasteiger charge is -2.30. The maximum atomic E-state index is 13.6. The van der Waals surface area contributed by atoms with E-state index in [1.54, 1.807) is 0 Å². The molecule has 0 radical (unpaired) electrons. The number of ether oxygens (including phenoxy) is 2. The molecule has 0 atom stereocenters. The van der Waals surface area contributed by atoms with Crippen molar-refractivity contribution < 1.29 is 33.0 Å². The second-order valence-corrected chi connectivity index (χ2v) is 6.52. The molecule has 0 unspecified atom stereocenters. The summed E-state index contributed by atoms with van der Waals surface area (Å²) in [6.07, 6.45) is 0.773. The van der Waals surface area contributed by atoms with Gasteiger partial charge in [0.2, 0.25) is 0 Å². The van der Waals surface area contributed by atoms with Crippen molar-refractivity contribution >= 4 is 11.9 Å². The van der Waals surface area contributed by atoms with Gasteiger partial charge in [0.15, 0.2) is 5.60 Å². The van der Waals surface area contributed by atoms with Gasteiger partial charge in [0.05, 0.1) is 5.56 Å². The van der Waals surface area contributed by atoms with Crippen LogP contribution in [0.3, 0.4) is 0 Å². The van der Waals surface area contributed by atoms with Crippen LogP contribution in [0.2, 0.25) is 0 Å². The lowest BCUT2D eigenvalue weighted by molar-refractivity contribution is -0.200. The molecular formula is C17H22F2O5. The third-order valence-electron chi connectivity index (χ3n) is 3.71. The van der Waals surface area contributed by atoms with E-state index in [2.05, 4.69) is 0 Å². The molecule has 0 aliphatic carbocycles. The van der Waals surface area contributed by atoms with Gasteiger partial charge in [0.1, 0.15) is 11.4 Å². The van der Waals surface area contributed by atoms with E-state index in [0.29, 0.717) is 5.75 Å². The second kappa shape index (κ2) is 6.75. The van der Waals surface area contributed by atoms with Crippen LogP contribution in [0, 0.1) is 0 Å². The van der Waals surface area contributed by atoms with E-state index in [0.717, 1.165) is 20.3 Å². The summed E-state index contributed by atoms with van der Waals surface area (Å²) in [4.78, 5) is 22.6. The molecule has 0 heterocycles. The number of benzene rings is 1. The van der Waals surface area contributed by atoms with Gasteiger partial charge in [0, 0.05) is 0 Å². The first-order valence-corrected chi connectivity index (χ1v) is 7.46. The third-order valence-corrected chi connectivity index (χ3v) is 3.71. The summed E-state index contributed by atoms with van der Waals surface area (Å²) in [7, 11) is 0. The van der Waals surface area contributed by atoms with E-state index in [4.69, 9.17) is 14.6 Å². The highest BCUT2D eigenvalue weighted by molar-refractivity contribution is 5.90. The predicted octanol–water partition coefficient (Wildman–Crippen LogP) is 3.91. The lowest BCUT2D eigenvalue weighted by Crippen LogP contribution is -2.51. The molecule has 0 spiro atoms. The Morgan fingerprint density at radius 3 is 2.00 bits per heavy atom. The Labute approximate surface area is 139 Å². The first-order valence-electron chi connectivity index (χ1n) is 7.46. The average molecular weight is 344 g/mol.